The highest BCUT2D eigenvalue weighted by atomic mass is 16.2. The van der Waals surface area contributed by atoms with Crippen LogP contribution in [0, 0.1) is 0 Å². The number of imidazole rings is 1. The van der Waals surface area contributed by atoms with Gasteiger partial charge in [0.05, 0.1) is 24.1 Å². The Bertz CT molecular complexity index is 1290. The van der Waals surface area contributed by atoms with Crippen LogP contribution in [-0.4, -0.2) is 31.6 Å². The fourth-order valence-corrected chi connectivity index (χ4v) is 4.24. The normalized spacial score (nSPS) is 12.0. The molecule has 182 valence electrons. The van der Waals surface area contributed by atoms with E-state index in [9.17, 15) is 9.59 Å². The quantitative estimate of drug-likeness (QED) is 0.268. The highest BCUT2D eigenvalue weighted by Gasteiger charge is 2.18. The van der Waals surface area contributed by atoms with Crippen molar-refractivity contribution in [1.29, 1.82) is 0 Å². The number of carbonyl (C=O) groups excluding carboxylic acids is 2. The molecule has 0 radical (unpaired) electrons. The molecule has 2 amide bonds. The zero-order valence-electron chi connectivity index (χ0n) is 20.0. The van der Waals surface area contributed by atoms with Crippen molar-refractivity contribution in [2.75, 3.05) is 0 Å². The average Bonchev–Trinajstić information content (AvgIpc) is 3.50. The Hall–Kier alpha value is -3.94. The van der Waals surface area contributed by atoms with Crippen molar-refractivity contribution < 1.29 is 9.59 Å². The van der Waals surface area contributed by atoms with Gasteiger partial charge in [-0.1, -0.05) is 49.2 Å². The van der Waals surface area contributed by atoms with Crippen LogP contribution in [0.4, 0.5) is 0 Å². The molecule has 8 heteroatoms. The summed E-state index contributed by atoms with van der Waals surface area (Å²) in [6, 6.07) is 14.3. The van der Waals surface area contributed by atoms with E-state index >= 15 is 0 Å². The van der Waals surface area contributed by atoms with Gasteiger partial charge < -0.3 is 16.0 Å². The third-order valence-corrected chi connectivity index (χ3v) is 6.14. The summed E-state index contributed by atoms with van der Waals surface area (Å²) in [6.07, 6.45) is 10.1. The van der Waals surface area contributed by atoms with Crippen LogP contribution >= 0.6 is 0 Å². The monoisotopic (exact) mass is 472 g/mol. The van der Waals surface area contributed by atoms with Crippen molar-refractivity contribution in [2.45, 2.75) is 51.0 Å². The number of H-pyrrole nitrogens is 1. The number of fused-ring (bicyclic) bond motifs is 1. The van der Waals surface area contributed by atoms with E-state index in [2.05, 4.69) is 50.7 Å². The molecule has 35 heavy (non-hydrogen) atoms. The minimum atomic E-state index is -0.281. The number of unbranched alkanes of at least 4 members (excludes halogenated alkanes) is 2. The van der Waals surface area contributed by atoms with Crippen LogP contribution in [0.3, 0.4) is 0 Å². The molecule has 2 aromatic heterocycles. The second kappa shape index (κ2) is 11.5. The number of hydrogen-bond acceptors (Lipinski definition) is 4. The number of aromatic amines is 1. The number of carbonyl (C=O) groups is 2. The molecular formula is C27H32N6O2. The molecule has 0 fully saturated rings. The first-order valence-electron chi connectivity index (χ1n) is 12.1. The molecule has 0 bridgehead atoms. The fourth-order valence-electron chi connectivity index (χ4n) is 4.24. The van der Waals surface area contributed by atoms with Crippen molar-refractivity contribution in [2.24, 2.45) is 12.8 Å². The van der Waals surface area contributed by atoms with E-state index in [1.165, 1.54) is 5.39 Å². The van der Waals surface area contributed by atoms with Gasteiger partial charge in [-0.05, 0) is 41.7 Å². The topological polar surface area (TPSA) is 119 Å². The number of nitrogens with zero attached hydrogens (tertiary/aromatic N) is 3. The highest BCUT2D eigenvalue weighted by Crippen LogP contribution is 2.26. The van der Waals surface area contributed by atoms with E-state index in [-0.39, 0.29) is 17.9 Å². The van der Waals surface area contributed by atoms with Gasteiger partial charge in [0, 0.05) is 31.6 Å². The van der Waals surface area contributed by atoms with Gasteiger partial charge >= 0.3 is 0 Å². The van der Waals surface area contributed by atoms with Gasteiger partial charge in [-0.2, -0.15) is 5.10 Å². The van der Waals surface area contributed by atoms with Crippen LogP contribution < -0.4 is 11.1 Å². The fraction of sp³-hybridized carbons (Fsp3) is 0.333. The Morgan fingerprint density at radius 2 is 1.89 bits per heavy atom. The minimum Gasteiger partial charge on any atom is -0.370 e. The average molecular weight is 473 g/mol. The lowest BCUT2D eigenvalue weighted by atomic mass is 10.1. The number of nitrogens with one attached hydrogen (secondary N) is 2. The summed E-state index contributed by atoms with van der Waals surface area (Å²) in [5.74, 6) is 0.425. The van der Waals surface area contributed by atoms with Crippen LogP contribution in [0.2, 0.25) is 0 Å². The smallest absolute Gasteiger partial charge is 0.220 e. The van der Waals surface area contributed by atoms with Gasteiger partial charge in [0.15, 0.2) is 0 Å². The molecule has 2 aromatic carbocycles. The van der Waals surface area contributed by atoms with E-state index in [1.807, 2.05) is 31.6 Å². The Morgan fingerprint density at radius 1 is 1.06 bits per heavy atom. The number of benzene rings is 2. The molecule has 2 heterocycles. The molecule has 8 nitrogen and oxygen atoms in total. The Labute approximate surface area is 204 Å². The van der Waals surface area contributed by atoms with E-state index in [4.69, 9.17) is 5.73 Å². The molecular weight excluding hydrogens is 440 g/mol. The first kappa shape index (κ1) is 24.2. The lowest BCUT2D eigenvalue weighted by Gasteiger charge is -2.17. The largest absolute Gasteiger partial charge is 0.370 e. The Balaban J connectivity index is 1.44. The van der Waals surface area contributed by atoms with Crippen LogP contribution in [-0.2, 0) is 23.1 Å². The number of hydrogen-bond donors (Lipinski definition) is 3. The van der Waals surface area contributed by atoms with Crippen molar-refractivity contribution >= 4 is 22.6 Å². The SMILES string of the molecule is Cn1cc(CCC(=O)N[C@@H](CCCCCC(N)=O)c2ncc(-c3ccc4ccccc4c3)[nH]2)cn1. The minimum absolute atomic E-state index is 0.0281. The first-order chi connectivity index (χ1) is 17.0. The summed E-state index contributed by atoms with van der Waals surface area (Å²) in [5, 5.41) is 9.66. The van der Waals surface area contributed by atoms with Gasteiger partial charge in [0.2, 0.25) is 11.8 Å². The van der Waals surface area contributed by atoms with Crippen molar-refractivity contribution in [3.63, 3.8) is 0 Å². The first-order valence-corrected chi connectivity index (χ1v) is 12.1. The molecule has 0 unspecified atom stereocenters. The lowest BCUT2D eigenvalue weighted by Crippen LogP contribution is -2.29. The van der Waals surface area contributed by atoms with Gasteiger partial charge in [-0.3, -0.25) is 14.3 Å². The summed E-state index contributed by atoms with van der Waals surface area (Å²) in [5.41, 5.74) is 8.24. The maximum absolute atomic E-state index is 12.8. The lowest BCUT2D eigenvalue weighted by molar-refractivity contribution is -0.122. The van der Waals surface area contributed by atoms with Gasteiger partial charge in [-0.25, -0.2) is 4.98 Å². The molecule has 0 saturated heterocycles. The van der Waals surface area contributed by atoms with E-state index in [1.54, 1.807) is 10.9 Å². The summed E-state index contributed by atoms with van der Waals surface area (Å²) < 4.78 is 1.74. The Morgan fingerprint density at radius 3 is 2.66 bits per heavy atom. The second-order valence-electron chi connectivity index (χ2n) is 8.95. The zero-order chi connectivity index (χ0) is 24.6. The predicted molar refractivity (Wildman–Crippen MR) is 136 cm³/mol. The second-order valence-corrected chi connectivity index (χ2v) is 8.95. The number of nitrogens with two attached hydrogens (primary N) is 1. The Kier molecular flexibility index (Phi) is 7.92. The van der Waals surface area contributed by atoms with E-state index < -0.39 is 0 Å². The van der Waals surface area contributed by atoms with Crippen LogP contribution in [0.25, 0.3) is 22.0 Å². The van der Waals surface area contributed by atoms with Crippen LogP contribution in [0.5, 0.6) is 0 Å². The van der Waals surface area contributed by atoms with Crippen LogP contribution in [0.15, 0.2) is 61.1 Å². The summed E-state index contributed by atoms with van der Waals surface area (Å²) in [4.78, 5) is 31.8. The molecule has 4 N–H and O–H groups in total. The number of primary amides is 1. The van der Waals surface area contributed by atoms with E-state index in [0.717, 1.165) is 53.7 Å². The molecule has 0 aliphatic carbocycles. The highest BCUT2D eigenvalue weighted by molar-refractivity contribution is 5.86. The third-order valence-electron chi connectivity index (χ3n) is 6.14. The van der Waals surface area contributed by atoms with Gasteiger partial charge in [0.25, 0.3) is 0 Å². The number of rotatable bonds is 12. The number of aryl methyl sites for hydroxylation is 2. The zero-order valence-corrected chi connectivity index (χ0v) is 20.0. The molecule has 0 aliphatic rings. The standard InChI is InChI=1S/C27H32N6O2/c1-33-18-19(16-30-33)11-14-26(35)31-23(9-3-2-4-10-25(28)34)27-29-17-24(32-27)22-13-12-20-7-5-6-8-21(20)15-22/h5-8,12-13,15-18,23H,2-4,9-11,14H2,1H3,(H2,28,34)(H,29,32)(H,31,35)/t23-/m0/s1. The number of amides is 2. The molecule has 0 spiro atoms. The predicted octanol–water partition coefficient (Wildman–Crippen LogP) is 4.19. The molecule has 4 aromatic rings. The van der Waals surface area contributed by atoms with Crippen molar-refractivity contribution in [3.05, 3.63) is 72.4 Å². The van der Waals surface area contributed by atoms with Gasteiger partial charge in [0.1, 0.15) is 5.82 Å². The van der Waals surface area contributed by atoms with Gasteiger partial charge in [-0.15, -0.1) is 0 Å². The number of aromatic nitrogens is 4. The summed E-state index contributed by atoms with van der Waals surface area (Å²) >= 11 is 0. The van der Waals surface area contributed by atoms with E-state index in [0.29, 0.717) is 19.3 Å². The molecule has 0 aliphatic heterocycles. The molecule has 1 atom stereocenters. The summed E-state index contributed by atoms with van der Waals surface area (Å²) in [7, 11) is 1.86. The van der Waals surface area contributed by atoms with Crippen LogP contribution in [0.1, 0.15) is 56.0 Å². The molecule has 4 rings (SSSR count). The van der Waals surface area contributed by atoms with Crippen molar-refractivity contribution in [3.8, 4) is 11.3 Å². The maximum atomic E-state index is 12.8. The summed E-state index contributed by atoms with van der Waals surface area (Å²) in [6.45, 7) is 0. The van der Waals surface area contributed by atoms with Crippen molar-refractivity contribution in [1.82, 2.24) is 25.1 Å². The third kappa shape index (κ3) is 6.79. The maximum Gasteiger partial charge on any atom is 0.220 e. The molecule has 0 saturated carbocycles.